The normalized spacial score (nSPS) is 16.0. The van der Waals surface area contributed by atoms with Crippen molar-refractivity contribution >= 4 is 35.0 Å². The molecule has 0 bridgehead atoms. The number of pyridine rings is 1. The Morgan fingerprint density at radius 3 is 2.62 bits per heavy atom. The van der Waals surface area contributed by atoms with E-state index in [0.29, 0.717) is 0 Å². The van der Waals surface area contributed by atoms with E-state index >= 15 is 0 Å². The summed E-state index contributed by atoms with van der Waals surface area (Å²) in [7, 11) is 0. The Balaban J connectivity index is 1.84. The van der Waals surface area contributed by atoms with E-state index in [1.165, 1.54) is 0 Å². The maximum Gasteiger partial charge on any atom is 0.326 e. The second-order valence-electron chi connectivity index (χ2n) is 7.73. The zero-order chi connectivity index (χ0) is 21.3. The van der Waals surface area contributed by atoms with E-state index in [0.717, 1.165) is 39.3 Å². The number of hydrogen-bond acceptors (Lipinski definition) is 6. The first-order chi connectivity index (χ1) is 13.6. The lowest BCUT2D eigenvalue weighted by Crippen LogP contribution is -2.37. The molecule has 0 aromatic carbocycles. The fourth-order valence-electron chi connectivity index (χ4n) is 3.10. The minimum atomic E-state index is -0.682. The highest BCUT2D eigenvalue weighted by Gasteiger charge is 2.37. The van der Waals surface area contributed by atoms with Gasteiger partial charge in [-0.3, -0.25) is 24.3 Å². The lowest BCUT2D eigenvalue weighted by molar-refractivity contribution is -0.156. The number of aromatic nitrogens is 2. The van der Waals surface area contributed by atoms with Gasteiger partial charge in [0, 0.05) is 17.6 Å². The first kappa shape index (κ1) is 20.9. The van der Waals surface area contributed by atoms with E-state index in [1.54, 1.807) is 39.2 Å². The number of rotatable bonds is 4. The van der Waals surface area contributed by atoms with Crippen molar-refractivity contribution in [2.45, 2.75) is 40.2 Å². The summed E-state index contributed by atoms with van der Waals surface area (Å²) in [6.45, 7) is 8.71. The first-order valence-electron chi connectivity index (χ1n) is 9.13. The summed E-state index contributed by atoms with van der Waals surface area (Å²) in [4.78, 5) is 42.3. The average Bonchev–Trinajstić information content (AvgIpc) is 3.04. The van der Waals surface area contributed by atoms with Crippen LogP contribution in [0.1, 0.15) is 37.7 Å². The van der Waals surface area contributed by atoms with Gasteiger partial charge in [0.1, 0.15) is 12.1 Å². The van der Waals surface area contributed by atoms with Crippen LogP contribution >= 0.6 is 11.8 Å². The Kier molecular flexibility index (Phi) is 5.66. The Labute approximate surface area is 173 Å². The highest BCUT2D eigenvalue weighted by molar-refractivity contribution is 8.18. The highest BCUT2D eigenvalue weighted by atomic mass is 32.2. The molecule has 2 aromatic heterocycles. The standard InChI is InChI=1S/C21H23N3O4S/c1-13-9-15(14(2)24(13)16-7-6-8-22-11-16)10-17-19(26)23(20(27)29-17)12-18(25)28-21(3,4)5/h6-11H,12H2,1-5H3/b17-10-. The molecule has 0 aliphatic carbocycles. The monoisotopic (exact) mass is 413 g/mol. The quantitative estimate of drug-likeness (QED) is 0.559. The van der Waals surface area contributed by atoms with Gasteiger partial charge in [0.25, 0.3) is 11.1 Å². The fourth-order valence-corrected chi connectivity index (χ4v) is 3.93. The van der Waals surface area contributed by atoms with Crippen LogP contribution in [-0.4, -0.2) is 43.7 Å². The zero-order valence-corrected chi connectivity index (χ0v) is 17.9. The Bertz CT molecular complexity index is 1000. The first-order valence-corrected chi connectivity index (χ1v) is 9.95. The molecule has 0 radical (unpaired) electrons. The van der Waals surface area contributed by atoms with Crippen molar-refractivity contribution in [2.75, 3.05) is 6.54 Å². The van der Waals surface area contributed by atoms with Gasteiger partial charge in [-0.1, -0.05) is 0 Å². The number of thioether (sulfide) groups is 1. The third-order valence-corrected chi connectivity index (χ3v) is 5.15. The van der Waals surface area contributed by atoms with Crippen molar-refractivity contribution in [1.82, 2.24) is 14.5 Å². The Morgan fingerprint density at radius 1 is 1.28 bits per heavy atom. The van der Waals surface area contributed by atoms with E-state index in [9.17, 15) is 14.4 Å². The van der Waals surface area contributed by atoms with Crippen LogP contribution in [0.15, 0.2) is 35.5 Å². The van der Waals surface area contributed by atoms with Crippen molar-refractivity contribution in [3.05, 3.63) is 52.4 Å². The van der Waals surface area contributed by atoms with Gasteiger partial charge in [-0.2, -0.15) is 0 Å². The molecule has 0 atom stereocenters. The number of esters is 1. The van der Waals surface area contributed by atoms with Gasteiger partial charge >= 0.3 is 5.97 Å². The van der Waals surface area contributed by atoms with Gasteiger partial charge < -0.3 is 9.30 Å². The van der Waals surface area contributed by atoms with E-state index in [2.05, 4.69) is 4.98 Å². The van der Waals surface area contributed by atoms with Crippen molar-refractivity contribution in [3.8, 4) is 5.69 Å². The largest absolute Gasteiger partial charge is 0.459 e. The second kappa shape index (κ2) is 7.87. The molecule has 29 heavy (non-hydrogen) atoms. The topological polar surface area (TPSA) is 81.5 Å². The van der Waals surface area contributed by atoms with Crippen LogP contribution in [0.4, 0.5) is 4.79 Å². The van der Waals surface area contributed by atoms with E-state index in [-0.39, 0.29) is 4.91 Å². The molecule has 8 heteroatoms. The average molecular weight is 413 g/mol. The lowest BCUT2D eigenvalue weighted by atomic mass is 10.2. The summed E-state index contributed by atoms with van der Waals surface area (Å²) in [5.41, 5.74) is 2.97. The third-order valence-electron chi connectivity index (χ3n) is 4.24. The van der Waals surface area contributed by atoms with Crippen LogP contribution in [-0.2, 0) is 14.3 Å². The summed E-state index contributed by atoms with van der Waals surface area (Å²) < 4.78 is 7.25. The van der Waals surface area contributed by atoms with Gasteiger partial charge in [0.15, 0.2) is 0 Å². The molecule has 0 N–H and O–H groups in total. The maximum absolute atomic E-state index is 12.7. The lowest BCUT2D eigenvalue weighted by Gasteiger charge is -2.21. The van der Waals surface area contributed by atoms with Crippen molar-refractivity contribution in [3.63, 3.8) is 0 Å². The number of carbonyl (C=O) groups is 3. The van der Waals surface area contributed by atoms with E-state index < -0.39 is 29.3 Å². The number of imide groups is 1. The second-order valence-corrected chi connectivity index (χ2v) is 8.72. The molecule has 152 valence electrons. The zero-order valence-electron chi connectivity index (χ0n) is 17.1. The molecule has 7 nitrogen and oxygen atoms in total. The van der Waals surface area contributed by atoms with Crippen LogP contribution in [0.3, 0.4) is 0 Å². The van der Waals surface area contributed by atoms with Gasteiger partial charge in [-0.25, -0.2) is 0 Å². The third kappa shape index (κ3) is 4.59. The molecule has 0 saturated carbocycles. The molecule has 1 aliphatic heterocycles. The van der Waals surface area contributed by atoms with Crippen LogP contribution in [0, 0.1) is 13.8 Å². The summed E-state index contributed by atoms with van der Waals surface area (Å²) >= 11 is 0.825. The molecular weight excluding hydrogens is 390 g/mol. The molecule has 3 rings (SSSR count). The number of hydrogen-bond donors (Lipinski definition) is 0. The number of amides is 2. The fraction of sp³-hybridized carbons (Fsp3) is 0.333. The Hall–Kier alpha value is -2.87. The predicted molar refractivity (Wildman–Crippen MR) is 112 cm³/mol. The van der Waals surface area contributed by atoms with Crippen molar-refractivity contribution < 1.29 is 19.1 Å². The molecule has 0 unspecified atom stereocenters. The minimum absolute atomic E-state index is 0.282. The molecule has 1 fully saturated rings. The molecule has 3 heterocycles. The van der Waals surface area contributed by atoms with Crippen LogP contribution in [0.2, 0.25) is 0 Å². The summed E-state index contributed by atoms with van der Waals surface area (Å²) in [6, 6.07) is 5.76. The SMILES string of the molecule is Cc1cc(/C=C2\SC(=O)N(CC(=O)OC(C)(C)C)C2=O)c(C)n1-c1cccnc1. The molecule has 2 amide bonds. The van der Waals surface area contributed by atoms with Crippen LogP contribution in [0.5, 0.6) is 0 Å². The molecule has 1 aliphatic rings. The molecular formula is C21H23N3O4S. The van der Waals surface area contributed by atoms with E-state index in [1.807, 2.05) is 36.6 Å². The molecule has 1 saturated heterocycles. The Morgan fingerprint density at radius 2 is 2.00 bits per heavy atom. The number of ether oxygens (including phenoxy) is 1. The molecule has 0 spiro atoms. The number of nitrogens with zero attached hydrogens (tertiary/aromatic N) is 3. The van der Waals surface area contributed by atoms with Crippen molar-refractivity contribution in [1.29, 1.82) is 0 Å². The van der Waals surface area contributed by atoms with Gasteiger partial charge in [0.2, 0.25) is 0 Å². The number of aryl methyl sites for hydroxylation is 1. The van der Waals surface area contributed by atoms with Gasteiger partial charge in [-0.15, -0.1) is 0 Å². The van der Waals surface area contributed by atoms with Gasteiger partial charge in [-0.05, 0) is 76.2 Å². The van der Waals surface area contributed by atoms with Crippen molar-refractivity contribution in [2.24, 2.45) is 0 Å². The summed E-state index contributed by atoms with van der Waals surface area (Å²) in [5, 5.41) is -0.479. The maximum atomic E-state index is 12.7. The van der Waals surface area contributed by atoms with Crippen LogP contribution in [0.25, 0.3) is 11.8 Å². The summed E-state index contributed by atoms with van der Waals surface area (Å²) in [6.07, 6.45) is 5.16. The smallest absolute Gasteiger partial charge is 0.326 e. The highest BCUT2D eigenvalue weighted by Crippen LogP contribution is 2.33. The van der Waals surface area contributed by atoms with Gasteiger partial charge in [0.05, 0.1) is 16.8 Å². The number of carbonyl (C=O) groups excluding carboxylic acids is 3. The summed E-state index contributed by atoms with van der Waals surface area (Å²) in [5.74, 6) is -1.10. The van der Waals surface area contributed by atoms with Crippen LogP contribution < -0.4 is 0 Å². The predicted octanol–water partition coefficient (Wildman–Crippen LogP) is 3.87. The molecule has 2 aromatic rings. The minimum Gasteiger partial charge on any atom is -0.459 e. The van der Waals surface area contributed by atoms with E-state index in [4.69, 9.17) is 4.74 Å².